The highest BCUT2D eigenvalue weighted by atomic mass is 35.5. The van der Waals surface area contributed by atoms with Crippen LogP contribution in [-0.4, -0.2) is 46.0 Å². The number of carbonyl (C=O) groups excluding carboxylic acids is 5. The normalized spacial score (nSPS) is 19.8. The van der Waals surface area contributed by atoms with Crippen LogP contribution in [0.2, 0.25) is 10.0 Å². The average Bonchev–Trinajstić information content (AvgIpc) is 3.40. The van der Waals surface area contributed by atoms with Gasteiger partial charge in [-0.1, -0.05) is 89.9 Å². The molecule has 5 aromatic rings. The van der Waals surface area contributed by atoms with Gasteiger partial charge in [0.2, 0.25) is 0 Å². The van der Waals surface area contributed by atoms with E-state index in [0.29, 0.717) is 5.56 Å². The summed E-state index contributed by atoms with van der Waals surface area (Å²) in [4.78, 5) is 69.8. The largest absolute Gasteiger partial charge is 0.423 e. The Morgan fingerprint density at radius 1 is 0.640 bits per heavy atom. The highest BCUT2D eigenvalue weighted by Crippen LogP contribution is 2.61. The number of halogens is 2. The smallest absolute Gasteiger partial charge is 0.343 e. The molecule has 0 N–H and O–H groups in total. The van der Waals surface area contributed by atoms with E-state index in [4.69, 9.17) is 27.9 Å². The standard InChI is InChI=1S/C40H26Cl2N2O6/c41-24-16-19-30(31(42)20-24)37(46)43(21-32(45)22-14-17-25(18-15-22)50-40(49)23-8-2-1-3-9-23)44-38(47)35-33-26-10-4-5-11-27(26)34(36(35)39(44)48)29-13-7-6-12-28(29)33/h1-20,33-36H,21H2/t33?,34?,35-,36+. The van der Waals surface area contributed by atoms with E-state index in [1.165, 1.54) is 42.5 Å². The number of rotatable bonds is 7. The summed E-state index contributed by atoms with van der Waals surface area (Å²) in [5.74, 6) is -5.21. The molecule has 3 aliphatic carbocycles. The lowest BCUT2D eigenvalue weighted by atomic mass is 9.55. The van der Waals surface area contributed by atoms with E-state index in [2.05, 4.69) is 0 Å². The van der Waals surface area contributed by atoms with Gasteiger partial charge in [-0.25, -0.2) is 9.80 Å². The number of hydrogen-bond donors (Lipinski definition) is 0. The predicted molar refractivity (Wildman–Crippen MR) is 185 cm³/mol. The van der Waals surface area contributed by atoms with Crippen LogP contribution in [-0.2, 0) is 9.59 Å². The van der Waals surface area contributed by atoms with Gasteiger partial charge in [-0.3, -0.25) is 19.2 Å². The van der Waals surface area contributed by atoms with Crippen molar-refractivity contribution in [3.05, 3.63) is 170 Å². The zero-order chi connectivity index (χ0) is 34.7. The number of Topliss-reactive ketones (excluding diaryl/α,β-unsaturated/α-hetero) is 1. The molecule has 5 aromatic carbocycles. The maximum atomic E-state index is 14.6. The van der Waals surface area contributed by atoms with Gasteiger partial charge < -0.3 is 4.74 Å². The van der Waals surface area contributed by atoms with Gasteiger partial charge in [-0.2, -0.15) is 5.01 Å². The molecule has 10 heteroatoms. The van der Waals surface area contributed by atoms with Crippen LogP contribution in [0.1, 0.15) is 65.2 Å². The Kier molecular flexibility index (Phi) is 7.85. The molecule has 0 unspecified atom stereocenters. The molecule has 1 heterocycles. The van der Waals surface area contributed by atoms with Crippen molar-refractivity contribution in [3.63, 3.8) is 0 Å². The Hall–Kier alpha value is -5.57. The number of ketones is 1. The number of ether oxygens (including phenoxy) is 1. The Morgan fingerprint density at radius 3 is 1.68 bits per heavy atom. The second-order valence-corrected chi connectivity index (χ2v) is 13.3. The van der Waals surface area contributed by atoms with Crippen LogP contribution in [0.25, 0.3) is 0 Å². The molecule has 0 spiro atoms. The third-order valence-corrected chi connectivity index (χ3v) is 10.3. The molecule has 1 saturated heterocycles. The fourth-order valence-corrected chi connectivity index (χ4v) is 8.10. The summed E-state index contributed by atoms with van der Waals surface area (Å²) in [6, 6.07) is 34.2. The summed E-state index contributed by atoms with van der Waals surface area (Å²) < 4.78 is 5.44. The van der Waals surface area contributed by atoms with Gasteiger partial charge in [-0.15, -0.1) is 0 Å². The van der Waals surface area contributed by atoms with E-state index < -0.39 is 59.7 Å². The first-order chi connectivity index (χ1) is 24.2. The first-order valence-corrected chi connectivity index (χ1v) is 16.7. The minimum absolute atomic E-state index is 0.000856. The fraction of sp³-hybridized carbons (Fsp3) is 0.125. The molecule has 1 aliphatic heterocycles. The van der Waals surface area contributed by atoms with Gasteiger partial charge in [-0.05, 0) is 76.9 Å². The van der Waals surface area contributed by atoms with E-state index in [9.17, 15) is 24.0 Å². The highest BCUT2D eigenvalue weighted by Gasteiger charge is 2.63. The Balaban J connectivity index is 1.14. The molecular formula is C40H26Cl2N2O6. The zero-order valence-corrected chi connectivity index (χ0v) is 27.7. The van der Waals surface area contributed by atoms with Crippen molar-refractivity contribution in [1.29, 1.82) is 0 Å². The van der Waals surface area contributed by atoms with Crippen molar-refractivity contribution in [3.8, 4) is 5.75 Å². The topological polar surface area (TPSA) is 101 Å². The monoisotopic (exact) mass is 700 g/mol. The lowest BCUT2D eigenvalue weighted by Gasteiger charge is -2.45. The number of hydrogen-bond acceptors (Lipinski definition) is 6. The number of amides is 3. The third kappa shape index (κ3) is 5.11. The quantitative estimate of drug-likeness (QED) is 0.0762. The lowest BCUT2D eigenvalue weighted by Crippen LogP contribution is -2.52. The number of carbonyl (C=O) groups is 5. The third-order valence-electron chi connectivity index (χ3n) is 9.75. The second-order valence-electron chi connectivity index (χ2n) is 12.4. The van der Waals surface area contributed by atoms with Gasteiger partial charge in [0.25, 0.3) is 17.7 Å². The maximum absolute atomic E-state index is 14.6. The zero-order valence-electron chi connectivity index (χ0n) is 26.2. The van der Waals surface area contributed by atoms with Crippen LogP contribution in [0.5, 0.6) is 5.75 Å². The molecule has 0 radical (unpaired) electrons. The van der Waals surface area contributed by atoms with E-state index >= 15 is 0 Å². The lowest BCUT2D eigenvalue weighted by molar-refractivity contribution is -0.154. The van der Waals surface area contributed by atoms with Gasteiger partial charge >= 0.3 is 5.97 Å². The molecule has 2 atom stereocenters. The first-order valence-electron chi connectivity index (χ1n) is 16.0. The van der Waals surface area contributed by atoms with Crippen LogP contribution >= 0.6 is 23.2 Å². The van der Waals surface area contributed by atoms with Crippen LogP contribution < -0.4 is 4.74 Å². The molecule has 2 bridgehead atoms. The number of esters is 1. The number of benzene rings is 5. The van der Waals surface area contributed by atoms with Crippen molar-refractivity contribution >= 4 is 52.7 Å². The molecule has 9 rings (SSSR count). The molecule has 3 amide bonds. The molecule has 246 valence electrons. The SMILES string of the molecule is O=C(CN(C(=O)c1ccc(Cl)cc1Cl)N1C(=O)[C@@H]2C3c4ccccc4C(c4ccccc43)[C@@H]2C1=O)c1ccc(OC(=O)c2ccccc2)cc1. The fourth-order valence-electron chi connectivity index (χ4n) is 7.61. The summed E-state index contributed by atoms with van der Waals surface area (Å²) in [7, 11) is 0. The van der Waals surface area contributed by atoms with Gasteiger partial charge in [0.1, 0.15) is 12.3 Å². The molecule has 4 aliphatic rings. The Labute approximate surface area is 296 Å². The first kappa shape index (κ1) is 31.7. The van der Waals surface area contributed by atoms with Crippen molar-refractivity contribution in [2.45, 2.75) is 11.8 Å². The summed E-state index contributed by atoms with van der Waals surface area (Å²) in [6.45, 7) is -0.646. The summed E-state index contributed by atoms with van der Waals surface area (Å²) in [5.41, 5.74) is 4.40. The summed E-state index contributed by atoms with van der Waals surface area (Å²) in [6.07, 6.45) is 0. The van der Waals surface area contributed by atoms with Crippen LogP contribution in [0.4, 0.5) is 0 Å². The number of nitrogens with zero attached hydrogens (tertiary/aromatic N) is 2. The van der Waals surface area contributed by atoms with Crippen LogP contribution in [0.15, 0.2) is 121 Å². The highest BCUT2D eigenvalue weighted by molar-refractivity contribution is 6.36. The van der Waals surface area contributed by atoms with Gasteiger partial charge in [0.05, 0.1) is 28.0 Å². The van der Waals surface area contributed by atoms with Crippen LogP contribution in [0.3, 0.4) is 0 Å². The minimum atomic E-state index is -0.809. The second kappa shape index (κ2) is 12.4. The molecule has 50 heavy (non-hydrogen) atoms. The molecule has 8 nitrogen and oxygen atoms in total. The predicted octanol–water partition coefficient (Wildman–Crippen LogP) is 7.34. The number of hydrazine groups is 1. The molecule has 0 aromatic heterocycles. The van der Waals surface area contributed by atoms with E-state index in [-0.39, 0.29) is 26.9 Å². The van der Waals surface area contributed by atoms with E-state index in [1.807, 2.05) is 48.5 Å². The van der Waals surface area contributed by atoms with Crippen molar-refractivity contribution < 1.29 is 28.7 Å². The summed E-state index contributed by atoms with van der Waals surface area (Å²) in [5, 5.41) is 2.04. The number of imide groups is 1. The van der Waals surface area contributed by atoms with Gasteiger partial charge in [0.15, 0.2) is 5.78 Å². The van der Waals surface area contributed by atoms with E-state index in [0.717, 1.165) is 32.3 Å². The molecule has 0 saturated carbocycles. The summed E-state index contributed by atoms with van der Waals surface area (Å²) >= 11 is 12.6. The van der Waals surface area contributed by atoms with Gasteiger partial charge in [0, 0.05) is 22.4 Å². The Morgan fingerprint density at radius 2 is 1.16 bits per heavy atom. The van der Waals surface area contributed by atoms with Crippen molar-refractivity contribution in [2.24, 2.45) is 11.8 Å². The average molecular weight is 702 g/mol. The van der Waals surface area contributed by atoms with Crippen molar-refractivity contribution in [2.75, 3.05) is 6.54 Å². The maximum Gasteiger partial charge on any atom is 0.343 e. The minimum Gasteiger partial charge on any atom is -0.423 e. The molecular weight excluding hydrogens is 675 g/mol. The van der Waals surface area contributed by atoms with Crippen LogP contribution in [0, 0.1) is 11.8 Å². The molecule has 1 fully saturated rings. The van der Waals surface area contributed by atoms with E-state index in [1.54, 1.807) is 30.3 Å². The van der Waals surface area contributed by atoms with Crippen molar-refractivity contribution in [1.82, 2.24) is 10.0 Å². The Bertz CT molecular complexity index is 2120.